The van der Waals surface area contributed by atoms with Gasteiger partial charge in [0.2, 0.25) is 5.91 Å². The van der Waals surface area contributed by atoms with Crippen molar-refractivity contribution < 1.29 is 14.0 Å². The lowest BCUT2D eigenvalue weighted by atomic mass is 9.76. The molecule has 1 saturated heterocycles. The van der Waals surface area contributed by atoms with E-state index in [1.807, 2.05) is 67.6 Å². The Morgan fingerprint density at radius 2 is 1.59 bits per heavy atom. The Morgan fingerprint density at radius 1 is 0.938 bits per heavy atom. The summed E-state index contributed by atoms with van der Waals surface area (Å²) < 4.78 is 13.9. The Bertz CT molecular complexity index is 1330. The van der Waals surface area contributed by atoms with Gasteiger partial charge in [-0.25, -0.2) is 4.39 Å². The van der Waals surface area contributed by atoms with Crippen LogP contribution in [0.3, 0.4) is 0 Å². The lowest BCUT2D eigenvalue weighted by Crippen LogP contribution is -2.40. The van der Waals surface area contributed by atoms with Crippen molar-refractivity contribution >= 4 is 22.6 Å². The number of halogens is 1. The van der Waals surface area contributed by atoms with Gasteiger partial charge in [0.05, 0.1) is 0 Å². The first kappa shape index (κ1) is 20.2. The molecular weight excluding hydrogens is 403 g/mol. The van der Waals surface area contributed by atoms with E-state index in [1.54, 1.807) is 13.0 Å². The first-order chi connectivity index (χ1) is 15.4. The third-order valence-corrected chi connectivity index (χ3v) is 6.64. The highest BCUT2D eigenvalue weighted by Gasteiger charge is 2.54. The van der Waals surface area contributed by atoms with Crippen LogP contribution in [0.25, 0.3) is 10.9 Å². The molecule has 2 N–H and O–H groups in total. The van der Waals surface area contributed by atoms with Crippen LogP contribution in [0.4, 0.5) is 4.39 Å². The number of benzene rings is 3. The van der Waals surface area contributed by atoms with Crippen LogP contribution >= 0.6 is 0 Å². The van der Waals surface area contributed by atoms with E-state index in [-0.39, 0.29) is 17.5 Å². The van der Waals surface area contributed by atoms with Crippen LogP contribution in [0.2, 0.25) is 0 Å². The van der Waals surface area contributed by atoms with E-state index < -0.39 is 17.4 Å². The molecule has 4 aromatic rings. The second-order valence-corrected chi connectivity index (χ2v) is 8.56. The monoisotopic (exact) mass is 426 g/mol. The fourth-order valence-electron chi connectivity index (χ4n) is 4.92. The second kappa shape index (κ2) is 7.45. The summed E-state index contributed by atoms with van der Waals surface area (Å²) in [6.45, 7) is 3.66. The minimum Gasteiger partial charge on any atom is -0.358 e. The molecule has 1 aromatic heterocycles. The summed E-state index contributed by atoms with van der Waals surface area (Å²) in [5.41, 5.74) is 2.86. The number of rotatable bonds is 4. The quantitative estimate of drug-likeness (QED) is 0.452. The van der Waals surface area contributed by atoms with Crippen LogP contribution in [0.5, 0.6) is 0 Å². The minimum absolute atomic E-state index is 0.174. The van der Waals surface area contributed by atoms with Gasteiger partial charge in [-0.1, -0.05) is 60.7 Å². The molecule has 0 radical (unpaired) electrons. The highest BCUT2D eigenvalue weighted by Crippen LogP contribution is 2.43. The molecule has 1 aliphatic rings. The van der Waals surface area contributed by atoms with E-state index in [0.717, 1.165) is 33.3 Å². The van der Waals surface area contributed by atoms with Gasteiger partial charge >= 0.3 is 0 Å². The average Bonchev–Trinajstić information content (AvgIpc) is 3.24. The smallest absolute Gasteiger partial charge is 0.232 e. The number of amides is 1. The van der Waals surface area contributed by atoms with Crippen molar-refractivity contribution in [2.45, 2.75) is 25.3 Å². The van der Waals surface area contributed by atoms with Crippen molar-refractivity contribution in [3.63, 3.8) is 0 Å². The van der Waals surface area contributed by atoms with E-state index in [9.17, 15) is 14.0 Å². The van der Waals surface area contributed by atoms with Gasteiger partial charge in [-0.05, 0) is 48.7 Å². The van der Waals surface area contributed by atoms with Crippen molar-refractivity contribution in [2.24, 2.45) is 5.92 Å². The first-order valence-corrected chi connectivity index (χ1v) is 10.6. The highest BCUT2D eigenvalue weighted by atomic mass is 19.1. The predicted octanol–water partition coefficient (Wildman–Crippen LogP) is 4.98. The summed E-state index contributed by atoms with van der Waals surface area (Å²) in [6, 6.07) is 23.4. The van der Waals surface area contributed by atoms with Gasteiger partial charge < -0.3 is 10.3 Å². The molecule has 3 atom stereocenters. The maximum absolute atomic E-state index is 13.9. The number of ketones is 1. The number of hydrogen-bond donors (Lipinski definition) is 2. The Balaban J connectivity index is 1.69. The van der Waals surface area contributed by atoms with Crippen LogP contribution in [-0.2, 0) is 15.1 Å². The zero-order chi connectivity index (χ0) is 22.5. The Hall–Kier alpha value is -3.73. The largest absolute Gasteiger partial charge is 0.358 e. The number of carbonyl (C=O) groups is 2. The van der Waals surface area contributed by atoms with Crippen molar-refractivity contribution in [3.8, 4) is 0 Å². The molecule has 0 aliphatic carbocycles. The fraction of sp³-hybridized carbons (Fsp3) is 0.185. The molecule has 1 fully saturated rings. The normalized spacial score (nSPS) is 21.7. The molecule has 0 bridgehead atoms. The average molecular weight is 426 g/mol. The SMILES string of the molecule is Cc1c(C(c2ccccc2)C2C(=O)N[C@](C)(c3ccccc3)C2=O)[nH]c2ccc(F)cc12. The van der Waals surface area contributed by atoms with E-state index in [1.165, 1.54) is 12.1 Å². The zero-order valence-corrected chi connectivity index (χ0v) is 17.9. The highest BCUT2D eigenvalue weighted by molar-refractivity contribution is 6.14. The molecule has 5 rings (SSSR count). The van der Waals surface area contributed by atoms with Gasteiger partial charge in [0.1, 0.15) is 17.3 Å². The molecule has 1 amide bonds. The molecule has 32 heavy (non-hydrogen) atoms. The number of hydrogen-bond acceptors (Lipinski definition) is 2. The number of fused-ring (bicyclic) bond motifs is 1. The molecule has 4 nitrogen and oxygen atoms in total. The van der Waals surface area contributed by atoms with Crippen molar-refractivity contribution in [3.05, 3.63) is 107 Å². The van der Waals surface area contributed by atoms with Gasteiger partial charge in [-0.15, -0.1) is 0 Å². The number of Topliss-reactive ketones (excluding diaryl/α,β-unsaturated/α-hetero) is 1. The number of aromatic nitrogens is 1. The summed E-state index contributed by atoms with van der Waals surface area (Å²) in [5, 5.41) is 3.71. The van der Waals surface area contributed by atoms with Gasteiger partial charge in [0.15, 0.2) is 5.78 Å². The predicted molar refractivity (Wildman–Crippen MR) is 122 cm³/mol. The Kier molecular flexibility index (Phi) is 4.70. The third kappa shape index (κ3) is 3.04. The van der Waals surface area contributed by atoms with E-state index in [0.29, 0.717) is 0 Å². The first-order valence-electron chi connectivity index (χ1n) is 10.6. The molecular formula is C27H23FN2O2. The molecule has 160 valence electrons. The summed E-state index contributed by atoms with van der Waals surface area (Å²) in [6.07, 6.45) is 0. The Labute approximate surface area is 185 Å². The summed E-state index contributed by atoms with van der Waals surface area (Å²) >= 11 is 0. The van der Waals surface area contributed by atoms with Crippen molar-refractivity contribution in [1.29, 1.82) is 0 Å². The zero-order valence-electron chi connectivity index (χ0n) is 17.9. The number of carbonyl (C=O) groups excluding carboxylic acids is 2. The molecule has 0 saturated carbocycles. The van der Waals surface area contributed by atoms with E-state index in [4.69, 9.17) is 0 Å². The van der Waals surface area contributed by atoms with E-state index >= 15 is 0 Å². The van der Waals surface area contributed by atoms with E-state index in [2.05, 4.69) is 10.3 Å². The standard InChI is InChI=1S/C27H23FN2O2/c1-16-20-15-19(28)13-14-21(20)29-24(16)22(17-9-5-3-6-10-17)23-25(31)27(2,30-26(23)32)18-11-7-4-8-12-18/h3-15,22-23,29H,1-2H3,(H,30,32)/t22?,23?,27-/m1/s1. The molecule has 2 heterocycles. The summed E-state index contributed by atoms with van der Waals surface area (Å²) in [7, 11) is 0. The molecule has 0 spiro atoms. The number of H-pyrrole nitrogens is 1. The van der Waals surface area contributed by atoms with Gasteiger partial charge in [-0.2, -0.15) is 0 Å². The van der Waals surface area contributed by atoms with Crippen molar-refractivity contribution in [2.75, 3.05) is 0 Å². The van der Waals surface area contributed by atoms with Crippen LogP contribution < -0.4 is 5.32 Å². The lowest BCUT2D eigenvalue weighted by Gasteiger charge is -2.25. The number of aryl methyl sites for hydroxylation is 1. The molecule has 3 aromatic carbocycles. The van der Waals surface area contributed by atoms with Crippen molar-refractivity contribution in [1.82, 2.24) is 10.3 Å². The van der Waals surface area contributed by atoms with Crippen LogP contribution in [0.15, 0.2) is 78.9 Å². The van der Waals surface area contributed by atoms with Gasteiger partial charge in [0.25, 0.3) is 0 Å². The third-order valence-electron chi connectivity index (χ3n) is 6.64. The van der Waals surface area contributed by atoms with Crippen LogP contribution in [0.1, 0.15) is 35.2 Å². The number of aromatic amines is 1. The van der Waals surface area contributed by atoms with Gasteiger partial charge in [0, 0.05) is 22.5 Å². The topological polar surface area (TPSA) is 62.0 Å². The second-order valence-electron chi connectivity index (χ2n) is 8.56. The molecule has 2 unspecified atom stereocenters. The summed E-state index contributed by atoms with van der Waals surface area (Å²) in [5.74, 6) is -2.25. The summed E-state index contributed by atoms with van der Waals surface area (Å²) in [4.78, 5) is 30.6. The maximum atomic E-state index is 13.9. The Morgan fingerprint density at radius 3 is 2.28 bits per heavy atom. The van der Waals surface area contributed by atoms with Crippen LogP contribution in [0, 0.1) is 18.7 Å². The lowest BCUT2D eigenvalue weighted by molar-refractivity contribution is -0.129. The number of nitrogens with one attached hydrogen (secondary N) is 2. The molecule has 1 aliphatic heterocycles. The maximum Gasteiger partial charge on any atom is 0.232 e. The van der Waals surface area contributed by atoms with Gasteiger partial charge in [-0.3, -0.25) is 9.59 Å². The molecule has 5 heteroatoms. The fourth-order valence-corrected chi connectivity index (χ4v) is 4.92. The minimum atomic E-state index is -1.11. The van der Waals surface area contributed by atoms with Crippen LogP contribution in [-0.4, -0.2) is 16.7 Å².